The summed E-state index contributed by atoms with van der Waals surface area (Å²) in [6.45, 7) is 23.8. The first-order valence-electron chi connectivity index (χ1n) is 13.1. The van der Waals surface area contributed by atoms with Crippen molar-refractivity contribution in [3.63, 3.8) is 0 Å². The molecule has 1 unspecified atom stereocenters. The predicted octanol–water partition coefficient (Wildman–Crippen LogP) is 9.41. The first-order chi connectivity index (χ1) is 16.7. The molecule has 0 saturated heterocycles. The summed E-state index contributed by atoms with van der Waals surface area (Å²) in [5.41, 5.74) is 9.15. The van der Waals surface area contributed by atoms with Crippen molar-refractivity contribution in [3.8, 4) is 0 Å². The molecule has 1 atom stereocenters. The van der Waals surface area contributed by atoms with Crippen molar-refractivity contribution in [2.24, 2.45) is 0 Å². The van der Waals surface area contributed by atoms with E-state index in [1.807, 2.05) is 0 Å². The Labute approximate surface area is 234 Å². The second kappa shape index (κ2) is 8.78. The van der Waals surface area contributed by atoms with E-state index in [0.29, 0.717) is 9.94 Å². The molecule has 0 nitrogen and oxygen atoms in total. The van der Waals surface area contributed by atoms with E-state index in [4.69, 9.17) is 11.2 Å². The van der Waals surface area contributed by atoms with Gasteiger partial charge < -0.3 is 0 Å². The SMILES string of the molecule is C[Si](C)(C)C(P(Cl)[Se]C12c3ccccc3C(c3ccccc31)c1ccccc12)([Si](C)(C)C)[Si](C)(C)C. The zero-order valence-electron chi connectivity index (χ0n) is 23.2. The van der Waals surface area contributed by atoms with Crippen molar-refractivity contribution in [3.05, 3.63) is 106 Å². The van der Waals surface area contributed by atoms with Gasteiger partial charge in [-0.1, -0.05) is 0 Å². The Morgan fingerprint density at radius 1 is 0.611 bits per heavy atom. The van der Waals surface area contributed by atoms with Crippen molar-refractivity contribution in [1.29, 1.82) is 0 Å². The molecular formula is C30H40ClPSeSi3. The van der Waals surface area contributed by atoms with Crippen molar-refractivity contribution >= 4 is 55.9 Å². The van der Waals surface area contributed by atoms with Crippen LogP contribution in [0, 0.1) is 0 Å². The van der Waals surface area contributed by atoms with E-state index >= 15 is 0 Å². The molecule has 3 aliphatic rings. The molecule has 36 heavy (non-hydrogen) atoms. The minimum absolute atomic E-state index is 0.108. The molecule has 3 aromatic carbocycles. The fraction of sp³-hybridized carbons (Fsp3) is 0.400. The number of benzene rings is 3. The molecule has 0 aliphatic heterocycles. The summed E-state index contributed by atoms with van der Waals surface area (Å²) in [4.78, 5) is 0. The molecule has 0 saturated carbocycles. The molecule has 0 heterocycles. The average Bonchev–Trinajstić information content (AvgIpc) is 2.76. The Kier molecular flexibility index (Phi) is 6.62. The summed E-state index contributed by atoms with van der Waals surface area (Å²) in [5, 5.41) is 0. The summed E-state index contributed by atoms with van der Waals surface area (Å²) < 4.78 is 0.259. The minimum atomic E-state index is -1.63. The third-order valence-electron chi connectivity index (χ3n) is 8.69. The Hall–Kier alpha value is -0.450. The van der Waals surface area contributed by atoms with Gasteiger partial charge in [0, 0.05) is 0 Å². The van der Waals surface area contributed by atoms with Crippen LogP contribution in [0.25, 0.3) is 0 Å². The van der Waals surface area contributed by atoms with E-state index in [9.17, 15) is 0 Å². The van der Waals surface area contributed by atoms with E-state index in [2.05, 4.69) is 132 Å². The van der Waals surface area contributed by atoms with Gasteiger partial charge in [0.25, 0.3) is 0 Å². The third-order valence-corrected chi connectivity index (χ3v) is 49.9. The van der Waals surface area contributed by atoms with Gasteiger partial charge in [-0.2, -0.15) is 0 Å². The Bertz CT molecular complexity index is 1170. The van der Waals surface area contributed by atoms with Gasteiger partial charge in [0.05, 0.1) is 0 Å². The number of hydrogen-bond acceptors (Lipinski definition) is 0. The number of hydrogen-bond donors (Lipinski definition) is 0. The Morgan fingerprint density at radius 2 is 0.917 bits per heavy atom. The van der Waals surface area contributed by atoms with Crippen molar-refractivity contribution in [2.75, 3.05) is 0 Å². The molecule has 0 amide bonds. The molecule has 6 rings (SSSR count). The second-order valence-electron chi connectivity index (χ2n) is 13.7. The van der Waals surface area contributed by atoms with Crippen LogP contribution in [0.2, 0.25) is 58.9 Å². The first kappa shape index (κ1) is 27.1. The maximum absolute atomic E-state index is 8.17. The summed E-state index contributed by atoms with van der Waals surface area (Å²) in [7, 11) is -4.88. The molecule has 0 N–H and O–H groups in total. The van der Waals surface area contributed by atoms with Crippen LogP contribution in [0.15, 0.2) is 72.8 Å². The van der Waals surface area contributed by atoms with Crippen LogP contribution in [0.4, 0.5) is 0 Å². The van der Waals surface area contributed by atoms with E-state index in [1.54, 1.807) is 0 Å². The standard InChI is InChI=1S/C30H40ClPSeSi3/c1-34(2,3)30(35(4,5)6,36(7,8)9)32(31)33-29-25-19-13-10-16-22(25)28(23-17-11-14-20-26(23)29)24-18-12-15-21-27(24)29/h10-21,28H,1-9H3. The van der Waals surface area contributed by atoms with Crippen LogP contribution in [0.3, 0.4) is 0 Å². The zero-order chi connectivity index (χ0) is 26.3. The number of halogens is 1. The fourth-order valence-corrected chi connectivity index (χ4v) is 74.2. The summed E-state index contributed by atoms with van der Waals surface area (Å²) >= 11 is 8.38. The van der Waals surface area contributed by atoms with Gasteiger partial charge in [-0.25, -0.2) is 0 Å². The summed E-state index contributed by atoms with van der Waals surface area (Å²) in [6, 6.07) is 28.0. The van der Waals surface area contributed by atoms with Crippen LogP contribution in [0.1, 0.15) is 39.3 Å². The molecule has 3 aromatic rings. The average molecular weight is 630 g/mol. The van der Waals surface area contributed by atoms with Crippen LogP contribution >= 0.6 is 17.2 Å². The molecule has 190 valence electrons. The Balaban J connectivity index is 1.84. The van der Waals surface area contributed by atoms with Gasteiger partial charge in [0.1, 0.15) is 0 Å². The topological polar surface area (TPSA) is 0 Å². The van der Waals surface area contributed by atoms with E-state index in [1.165, 1.54) is 33.4 Å². The molecule has 2 bridgehead atoms. The first-order valence-corrected chi connectivity index (χ1v) is 28.9. The fourth-order valence-electron chi connectivity index (χ4n) is 8.65. The summed E-state index contributed by atoms with van der Waals surface area (Å²) in [5.74, 6) is -0.362. The predicted molar refractivity (Wildman–Crippen MR) is 171 cm³/mol. The molecule has 0 spiro atoms. The normalized spacial score (nSPS) is 22.0. The van der Waals surface area contributed by atoms with E-state index in [-0.39, 0.29) is 18.8 Å². The Morgan fingerprint density at radius 3 is 1.22 bits per heavy atom. The number of rotatable bonds is 6. The monoisotopic (exact) mass is 630 g/mol. The van der Waals surface area contributed by atoms with Crippen LogP contribution in [-0.2, 0) is 4.31 Å². The van der Waals surface area contributed by atoms with Gasteiger partial charge in [-0.3, -0.25) is 0 Å². The molecule has 6 heteroatoms. The second-order valence-corrected chi connectivity index (χ2v) is 40.6. The van der Waals surface area contributed by atoms with Crippen molar-refractivity contribution in [2.45, 2.75) is 73.2 Å². The quantitative estimate of drug-likeness (QED) is 0.188. The molecule has 0 fully saturated rings. The summed E-state index contributed by atoms with van der Waals surface area (Å²) in [6.07, 6.45) is 0. The van der Waals surface area contributed by atoms with Gasteiger partial charge in [0.15, 0.2) is 0 Å². The van der Waals surface area contributed by atoms with Gasteiger partial charge >= 0.3 is 235 Å². The van der Waals surface area contributed by atoms with Crippen LogP contribution in [0.5, 0.6) is 0 Å². The van der Waals surface area contributed by atoms with Gasteiger partial charge in [0.2, 0.25) is 0 Å². The van der Waals surface area contributed by atoms with Crippen LogP contribution in [-0.4, -0.2) is 42.8 Å². The van der Waals surface area contributed by atoms with Crippen LogP contribution < -0.4 is 0 Å². The van der Waals surface area contributed by atoms with E-state index < -0.39 is 30.2 Å². The van der Waals surface area contributed by atoms with Crippen molar-refractivity contribution < 1.29 is 0 Å². The molecule has 3 aliphatic carbocycles. The molecule has 0 radical (unpaired) electrons. The maximum atomic E-state index is 8.17. The van der Waals surface area contributed by atoms with Gasteiger partial charge in [-0.15, -0.1) is 0 Å². The van der Waals surface area contributed by atoms with Gasteiger partial charge in [-0.05, 0) is 0 Å². The van der Waals surface area contributed by atoms with E-state index in [0.717, 1.165) is 0 Å². The third kappa shape index (κ3) is 3.52. The van der Waals surface area contributed by atoms with Crippen molar-refractivity contribution in [1.82, 2.24) is 0 Å². The molecule has 0 aromatic heterocycles. The molecular weight excluding hydrogens is 590 g/mol. The zero-order valence-corrected chi connectivity index (χ0v) is 29.6.